The Labute approximate surface area is 152 Å². The van der Waals surface area contributed by atoms with E-state index >= 15 is 0 Å². The molecule has 0 unspecified atom stereocenters. The maximum absolute atomic E-state index is 12.3. The van der Waals surface area contributed by atoms with Gasteiger partial charge in [-0.2, -0.15) is 0 Å². The van der Waals surface area contributed by atoms with Crippen LogP contribution in [0.4, 0.5) is 11.5 Å². The minimum atomic E-state index is -0.505. The van der Waals surface area contributed by atoms with Gasteiger partial charge in [0, 0.05) is 19.6 Å². The number of anilines is 2. The maximum Gasteiger partial charge on any atom is 0.330 e. The highest BCUT2D eigenvalue weighted by atomic mass is 32.1. The summed E-state index contributed by atoms with van der Waals surface area (Å²) in [5, 5.41) is 3.88. The molecule has 1 aromatic heterocycles. The van der Waals surface area contributed by atoms with Crippen LogP contribution >= 0.6 is 12.2 Å². The summed E-state index contributed by atoms with van der Waals surface area (Å²) in [5.41, 5.74) is 5.40. The van der Waals surface area contributed by atoms with Gasteiger partial charge in [0.05, 0.1) is 0 Å². The van der Waals surface area contributed by atoms with E-state index in [1.807, 2.05) is 6.92 Å². The largest absolute Gasteiger partial charge is 0.383 e. The van der Waals surface area contributed by atoms with Gasteiger partial charge in [-0.05, 0) is 49.7 Å². The molecule has 2 aliphatic rings. The molecule has 3 rings (SSSR count). The van der Waals surface area contributed by atoms with Crippen LogP contribution in [0.25, 0.3) is 0 Å². The first-order chi connectivity index (χ1) is 11.9. The van der Waals surface area contributed by atoms with E-state index in [0.717, 1.165) is 25.2 Å². The van der Waals surface area contributed by atoms with Crippen LogP contribution in [-0.4, -0.2) is 27.8 Å². The van der Waals surface area contributed by atoms with Crippen LogP contribution in [0, 0.1) is 11.8 Å². The van der Waals surface area contributed by atoms with Crippen molar-refractivity contribution in [2.24, 2.45) is 11.8 Å². The molecule has 2 bridgehead atoms. The zero-order chi connectivity index (χ0) is 18.1. The lowest BCUT2D eigenvalue weighted by molar-refractivity contribution is 0.391. The Morgan fingerprint density at radius 1 is 1.40 bits per heavy atom. The maximum atomic E-state index is 12.3. The Balaban J connectivity index is 1.81. The Hall–Kier alpha value is -1.83. The zero-order valence-corrected chi connectivity index (χ0v) is 15.7. The van der Waals surface area contributed by atoms with Gasteiger partial charge < -0.3 is 16.0 Å². The van der Waals surface area contributed by atoms with E-state index in [9.17, 15) is 9.59 Å². The number of nitrogens with one attached hydrogen (secondary N) is 2. The molecule has 2 saturated carbocycles. The lowest BCUT2D eigenvalue weighted by Crippen LogP contribution is -2.47. The number of H-pyrrole nitrogens is 1. The molecule has 0 amide bonds. The molecule has 138 valence electrons. The van der Waals surface area contributed by atoms with E-state index in [-0.39, 0.29) is 11.5 Å². The van der Waals surface area contributed by atoms with Gasteiger partial charge in [0.15, 0.2) is 5.11 Å². The highest BCUT2D eigenvalue weighted by Gasteiger charge is 2.40. The SMILES string of the molecule is CCCCn1c(N)c(N(C)C(=S)N[C@@H]2C[C@H]3CC[C@H]2C3)c(=O)[nH]c1=O. The van der Waals surface area contributed by atoms with Gasteiger partial charge in [-0.1, -0.05) is 19.8 Å². The fraction of sp³-hybridized carbons (Fsp3) is 0.706. The molecule has 25 heavy (non-hydrogen) atoms. The predicted octanol–water partition coefficient (Wildman–Crippen LogP) is 1.42. The van der Waals surface area contributed by atoms with E-state index in [2.05, 4.69) is 10.3 Å². The molecule has 0 spiro atoms. The highest BCUT2D eigenvalue weighted by molar-refractivity contribution is 7.80. The summed E-state index contributed by atoms with van der Waals surface area (Å²) in [6, 6.07) is 0.375. The molecule has 2 aliphatic carbocycles. The molecule has 0 aromatic carbocycles. The lowest BCUT2D eigenvalue weighted by Gasteiger charge is -2.29. The summed E-state index contributed by atoms with van der Waals surface area (Å²) >= 11 is 5.51. The van der Waals surface area contributed by atoms with Crippen molar-refractivity contribution in [1.82, 2.24) is 14.9 Å². The Morgan fingerprint density at radius 2 is 2.16 bits per heavy atom. The predicted molar refractivity (Wildman–Crippen MR) is 104 cm³/mol. The number of nitrogens with two attached hydrogens (primary N) is 1. The van der Waals surface area contributed by atoms with E-state index in [4.69, 9.17) is 18.0 Å². The number of thiocarbonyl (C=S) groups is 1. The van der Waals surface area contributed by atoms with Crippen molar-refractivity contribution in [3.8, 4) is 0 Å². The van der Waals surface area contributed by atoms with Gasteiger partial charge in [0.25, 0.3) is 5.56 Å². The monoisotopic (exact) mass is 365 g/mol. The quantitative estimate of drug-likeness (QED) is 0.683. The van der Waals surface area contributed by atoms with Crippen molar-refractivity contribution in [3.05, 3.63) is 20.8 Å². The van der Waals surface area contributed by atoms with Crippen molar-refractivity contribution in [1.29, 1.82) is 0 Å². The number of hydrogen-bond donors (Lipinski definition) is 3. The average molecular weight is 366 g/mol. The summed E-state index contributed by atoms with van der Waals surface area (Å²) in [5.74, 6) is 1.65. The van der Waals surface area contributed by atoms with Crippen LogP contribution in [0.1, 0.15) is 45.4 Å². The fourth-order valence-electron chi connectivity index (χ4n) is 4.22. The zero-order valence-electron chi connectivity index (χ0n) is 14.9. The third-order valence-corrected chi connectivity index (χ3v) is 6.03. The lowest BCUT2D eigenvalue weighted by atomic mass is 9.95. The molecule has 1 heterocycles. The van der Waals surface area contributed by atoms with Crippen LogP contribution in [-0.2, 0) is 6.54 Å². The van der Waals surface area contributed by atoms with Gasteiger partial charge >= 0.3 is 5.69 Å². The molecule has 7 nitrogen and oxygen atoms in total. The first-order valence-electron chi connectivity index (χ1n) is 9.09. The van der Waals surface area contributed by atoms with Crippen LogP contribution in [0.15, 0.2) is 9.59 Å². The molecular weight excluding hydrogens is 338 g/mol. The Bertz CT molecular complexity index is 771. The molecule has 0 radical (unpaired) electrons. The number of nitrogen functional groups attached to an aromatic ring is 1. The molecule has 3 atom stereocenters. The average Bonchev–Trinajstić information content (AvgIpc) is 3.17. The molecule has 2 fully saturated rings. The van der Waals surface area contributed by atoms with Gasteiger partial charge in [-0.3, -0.25) is 14.3 Å². The standard InChI is InChI=1S/C17H27N5O2S/c1-3-4-7-22-14(18)13(15(23)20-16(22)24)21(2)17(25)19-12-9-10-5-6-11(12)8-10/h10-12H,3-9,18H2,1-2H3,(H,19,25)(H,20,23,24)/t10-,11-,12+/m0/s1. The van der Waals surface area contributed by atoms with Gasteiger partial charge in [0.1, 0.15) is 11.5 Å². The van der Waals surface area contributed by atoms with Crippen LogP contribution in [0.5, 0.6) is 0 Å². The van der Waals surface area contributed by atoms with E-state index in [1.54, 1.807) is 11.9 Å². The minimum absolute atomic E-state index is 0.168. The summed E-state index contributed by atoms with van der Waals surface area (Å²) in [6.07, 6.45) is 6.72. The smallest absolute Gasteiger partial charge is 0.330 e. The Kier molecular flexibility index (Phi) is 5.17. The van der Waals surface area contributed by atoms with Crippen molar-refractivity contribution >= 4 is 28.8 Å². The summed E-state index contributed by atoms with van der Waals surface area (Å²) in [7, 11) is 1.72. The van der Waals surface area contributed by atoms with Crippen molar-refractivity contribution in [2.45, 2.75) is 58.0 Å². The Morgan fingerprint density at radius 3 is 2.76 bits per heavy atom. The number of hydrogen-bond acceptors (Lipinski definition) is 4. The van der Waals surface area contributed by atoms with Crippen LogP contribution in [0.2, 0.25) is 0 Å². The summed E-state index contributed by atoms with van der Waals surface area (Å²) in [6.45, 7) is 2.51. The molecule has 1 aromatic rings. The number of unbranched alkanes of at least 4 members (excludes halogenated alkanes) is 1. The third-order valence-electron chi connectivity index (χ3n) is 5.64. The molecular formula is C17H27N5O2S. The van der Waals surface area contributed by atoms with Crippen molar-refractivity contribution < 1.29 is 0 Å². The van der Waals surface area contributed by atoms with Crippen LogP contribution in [0.3, 0.4) is 0 Å². The molecule has 8 heteroatoms. The summed E-state index contributed by atoms with van der Waals surface area (Å²) < 4.78 is 1.41. The first-order valence-corrected chi connectivity index (χ1v) is 9.50. The van der Waals surface area contributed by atoms with E-state index in [1.165, 1.54) is 23.8 Å². The van der Waals surface area contributed by atoms with Crippen molar-refractivity contribution in [2.75, 3.05) is 17.7 Å². The third kappa shape index (κ3) is 3.44. The van der Waals surface area contributed by atoms with Gasteiger partial charge in [-0.15, -0.1) is 0 Å². The number of rotatable bonds is 5. The first kappa shape index (κ1) is 18.0. The topological polar surface area (TPSA) is 96.2 Å². The van der Waals surface area contributed by atoms with Crippen LogP contribution < -0.4 is 27.2 Å². The second-order valence-electron chi connectivity index (χ2n) is 7.29. The number of aromatic nitrogens is 2. The summed E-state index contributed by atoms with van der Waals surface area (Å²) in [4.78, 5) is 28.3. The van der Waals surface area contributed by atoms with Crippen molar-refractivity contribution in [3.63, 3.8) is 0 Å². The number of nitrogens with zero attached hydrogens (tertiary/aromatic N) is 2. The number of aromatic amines is 1. The minimum Gasteiger partial charge on any atom is -0.383 e. The van der Waals surface area contributed by atoms with Gasteiger partial charge in [0.2, 0.25) is 0 Å². The second kappa shape index (κ2) is 7.19. The van der Waals surface area contributed by atoms with E-state index in [0.29, 0.717) is 23.6 Å². The van der Waals surface area contributed by atoms with Gasteiger partial charge in [-0.25, -0.2) is 4.79 Å². The fourth-order valence-corrected chi connectivity index (χ4v) is 4.46. The van der Waals surface area contributed by atoms with E-state index < -0.39 is 11.2 Å². The molecule has 4 N–H and O–H groups in total. The number of fused-ring (bicyclic) bond motifs is 2. The molecule has 0 aliphatic heterocycles. The molecule has 0 saturated heterocycles. The normalized spacial score (nSPS) is 24.5. The second-order valence-corrected chi connectivity index (χ2v) is 7.67. The highest BCUT2D eigenvalue weighted by Crippen LogP contribution is 2.44.